The van der Waals surface area contributed by atoms with Crippen molar-refractivity contribution in [3.05, 3.63) is 42.0 Å². The predicted molar refractivity (Wildman–Crippen MR) is 71.4 cm³/mol. The number of anilines is 2. The Bertz CT molecular complexity index is 608. The lowest BCUT2D eigenvalue weighted by Crippen LogP contribution is -2.27. The third-order valence-corrected chi connectivity index (χ3v) is 2.82. The molecule has 0 aliphatic rings. The molecule has 0 radical (unpaired) electrons. The predicted octanol–water partition coefficient (Wildman–Crippen LogP) is 1.90. The van der Waals surface area contributed by atoms with Gasteiger partial charge in [-0.1, -0.05) is 6.07 Å². The normalized spacial score (nSPS) is 10.5. The van der Waals surface area contributed by atoms with Crippen LogP contribution in [0.25, 0.3) is 0 Å². The quantitative estimate of drug-likeness (QED) is 0.918. The largest absolute Gasteiger partial charge is 0.396 e. The van der Waals surface area contributed by atoms with E-state index in [1.807, 2.05) is 6.92 Å². The van der Waals surface area contributed by atoms with Crippen molar-refractivity contribution >= 4 is 17.3 Å². The highest BCUT2D eigenvalue weighted by atomic mass is 19.1. The number of amides is 1. The first kappa shape index (κ1) is 13.1. The smallest absolute Gasteiger partial charge is 0.280 e. The van der Waals surface area contributed by atoms with E-state index in [2.05, 4.69) is 5.10 Å². The molecule has 1 heterocycles. The minimum absolute atomic E-state index is 0.175. The first-order chi connectivity index (χ1) is 9.02. The van der Waals surface area contributed by atoms with Crippen molar-refractivity contribution in [2.45, 2.75) is 13.5 Å². The molecule has 1 aromatic heterocycles. The summed E-state index contributed by atoms with van der Waals surface area (Å²) in [5.41, 5.74) is 6.70. The van der Waals surface area contributed by atoms with E-state index >= 15 is 0 Å². The number of rotatable bonds is 3. The number of carbonyl (C=O) groups excluding carboxylic acids is 1. The third kappa shape index (κ3) is 2.57. The lowest BCUT2D eigenvalue weighted by Gasteiger charge is -2.16. The van der Waals surface area contributed by atoms with E-state index in [4.69, 9.17) is 5.73 Å². The molecule has 0 saturated heterocycles. The van der Waals surface area contributed by atoms with Gasteiger partial charge in [0.1, 0.15) is 5.82 Å². The van der Waals surface area contributed by atoms with Crippen LogP contribution >= 0.6 is 0 Å². The van der Waals surface area contributed by atoms with Crippen molar-refractivity contribution in [3.8, 4) is 0 Å². The number of aryl methyl sites for hydroxylation is 1. The van der Waals surface area contributed by atoms with Crippen LogP contribution in [-0.2, 0) is 6.54 Å². The van der Waals surface area contributed by atoms with Gasteiger partial charge in [0.05, 0.1) is 5.69 Å². The SMILES string of the molecule is CCn1cc(N)c(C(=O)N(C)c2cccc(F)c2)n1. The average molecular weight is 262 g/mol. The monoisotopic (exact) mass is 262 g/mol. The topological polar surface area (TPSA) is 64.2 Å². The maximum absolute atomic E-state index is 13.1. The Labute approximate surface area is 110 Å². The molecule has 0 fully saturated rings. The molecule has 1 amide bonds. The molecule has 5 nitrogen and oxygen atoms in total. The standard InChI is InChI=1S/C13H15FN4O/c1-3-18-8-11(15)12(16-18)13(19)17(2)10-6-4-5-9(14)7-10/h4-8H,3,15H2,1-2H3. The zero-order valence-corrected chi connectivity index (χ0v) is 10.8. The summed E-state index contributed by atoms with van der Waals surface area (Å²) in [6.45, 7) is 2.53. The molecule has 6 heteroatoms. The van der Waals surface area contributed by atoms with Crippen LogP contribution in [0.1, 0.15) is 17.4 Å². The number of nitrogens with two attached hydrogens (primary N) is 1. The Morgan fingerprint density at radius 3 is 2.84 bits per heavy atom. The summed E-state index contributed by atoms with van der Waals surface area (Å²) < 4.78 is 14.7. The molecule has 0 saturated carbocycles. The summed E-state index contributed by atoms with van der Waals surface area (Å²) in [5, 5.41) is 4.10. The van der Waals surface area contributed by atoms with E-state index in [0.717, 1.165) is 0 Å². The summed E-state index contributed by atoms with van der Waals surface area (Å²) in [5.74, 6) is -0.764. The second-order valence-corrected chi connectivity index (χ2v) is 4.13. The highest BCUT2D eigenvalue weighted by Gasteiger charge is 2.20. The van der Waals surface area contributed by atoms with Gasteiger partial charge in [-0.2, -0.15) is 5.10 Å². The van der Waals surface area contributed by atoms with Crippen LogP contribution in [0.3, 0.4) is 0 Å². The van der Waals surface area contributed by atoms with Gasteiger partial charge in [0.25, 0.3) is 5.91 Å². The summed E-state index contributed by atoms with van der Waals surface area (Å²) >= 11 is 0. The Balaban J connectivity index is 2.30. The van der Waals surface area contributed by atoms with Crippen molar-refractivity contribution in [1.29, 1.82) is 0 Å². The van der Waals surface area contributed by atoms with E-state index in [-0.39, 0.29) is 11.6 Å². The van der Waals surface area contributed by atoms with E-state index in [0.29, 0.717) is 17.9 Å². The van der Waals surface area contributed by atoms with Crippen LogP contribution in [-0.4, -0.2) is 22.7 Å². The summed E-state index contributed by atoms with van der Waals surface area (Å²) in [7, 11) is 1.56. The molecule has 1 aromatic carbocycles. The van der Waals surface area contributed by atoms with Crippen LogP contribution in [0.4, 0.5) is 15.8 Å². The van der Waals surface area contributed by atoms with Gasteiger partial charge in [-0.05, 0) is 25.1 Å². The van der Waals surface area contributed by atoms with Gasteiger partial charge in [-0.25, -0.2) is 4.39 Å². The minimum atomic E-state index is -0.399. The highest BCUT2D eigenvalue weighted by Crippen LogP contribution is 2.18. The molecule has 2 aromatic rings. The molecule has 2 rings (SSSR count). The second kappa shape index (κ2) is 5.09. The van der Waals surface area contributed by atoms with Crippen LogP contribution in [0.15, 0.2) is 30.5 Å². The van der Waals surface area contributed by atoms with Crippen LogP contribution in [0.2, 0.25) is 0 Å². The van der Waals surface area contributed by atoms with Crippen LogP contribution in [0, 0.1) is 5.82 Å². The molecule has 100 valence electrons. The molecule has 0 spiro atoms. The maximum atomic E-state index is 13.1. The molecule has 0 aliphatic heterocycles. The van der Waals surface area contributed by atoms with Crippen molar-refractivity contribution < 1.29 is 9.18 Å². The van der Waals surface area contributed by atoms with E-state index in [1.165, 1.54) is 17.0 Å². The lowest BCUT2D eigenvalue weighted by molar-refractivity contribution is 0.0988. The first-order valence-electron chi connectivity index (χ1n) is 5.89. The first-order valence-corrected chi connectivity index (χ1v) is 5.89. The fraction of sp³-hybridized carbons (Fsp3) is 0.231. The molecule has 0 aliphatic carbocycles. The number of halogens is 1. The third-order valence-electron chi connectivity index (χ3n) is 2.82. The van der Waals surface area contributed by atoms with Crippen LogP contribution < -0.4 is 10.6 Å². The van der Waals surface area contributed by atoms with E-state index in [9.17, 15) is 9.18 Å². The number of carbonyl (C=O) groups is 1. The van der Waals surface area contributed by atoms with Crippen molar-refractivity contribution in [2.75, 3.05) is 17.7 Å². The Hall–Kier alpha value is -2.37. The van der Waals surface area contributed by atoms with Gasteiger partial charge in [0.15, 0.2) is 5.69 Å². The van der Waals surface area contributed by atoms with Crippen LogP contribution in [0.5, 0.6) is 0 Å². The number of hydrogen-bond acceptors (Lipinski definition) is 3. The van der Waals surface area contributed by atoms with Crippen molar-refractivity contribution in [2.24, 2.45) is 0 Å². The van der Waals surface area contributed by atoms with E-state index < -0.39 is 5.82 Å². The molecular weight excluding hydrogens is 247 g/mol. The number of nitrogens with zero attached hydrogens (tertiary/aromatic N) is 3. The fourth-order valence-corrected chi connectivity index (χ4v) is 1.73. The molecule has 0 atom stereocenters. The van der Waals surface area contributed by atoms with Gasteiger partial charge in [-0.15, -0.1) is 0 Å². The number of aromatic nitrogens is 2. The molecule has 2 N–H and O–H groups in total. The number of nitrogen functional groups attached to an aromatic ring is 1. The molecule has 0 unspecified atom stereocenters. The Morgan fingerprint density at radius 2 is 2.26 bits per heavy atom. The number of hydrogen-bond donors (Lipinski definition) is 1. The van der Waals surface area contributed by atoms with E-state index in [1.54, 1.807) is 30.1 Å². The zero-order valence-electron chi connectivity index (χ0n) is 10.8. The second-order valence-electron chi connectivity index (χ2n) is 4.13. The summed E-state index contributed by atoms with van der Waals surface area (Å²) in [4.78, 5) is 13.6. The van der Waals surface area contributed by atoms with Gasteiger partial charge in [-0.3, -0.25) is 9.48 Å². The fourth-order valence-electron chi connectivity index (χ4n) is 1.73. The zero-order chi connectivity index (χ0) is 14.0. The molecule has 19 heavy (non-hydrogen) atoms. The summed E-state index contributed by atoms with van der Waals surface area (Å²) in [6.07, 6.45) is 1.60. The minimum Gasteiger partial charge on any atom is -0.396 e. The van der Waals surface area contributed by atoms with Crippen molar-refractivity contribution in [3.63, 3.8) is 0 Å². The average Bonchev–Trinajstić information content (AvgIpc) is 2.78. The van der Waals surface area contributed by atoms with Gasteiger partial charge in [0, 0.05) is 25.5 Å². The number of benzene rings is 1. The lowest BCUT2D eigenvalue weighted by atomic mass is 10.2. The van der Waals surface area contributed by atoms with Gasteiger partial charge >= 0.3 is 0 Å². The maximum Gasteiger partial charge on any atom is 0.280 e. The Morgan fingerprint density at radius 1 is 1.53 bits per heavy atom. The summed E-state index contributed by atoms with van der Waals surface area (Å²) in [6, 6.07) is 5.79. The van der Waals surface area contributed by atoms with Gasteiger partial charge < -0.3 is 10.6 Å². The van der Waals surface area contributed by atoms with Gasteiger partial charge in [0.2, 0.25) is 0 Å². The molecule has 0 bridgehead atoms. The Kier molecular flexibility index (Phi) is 3.50. The van der Waals surface area contributed by atoms with Crippen molar-refractivity contribution in [1.82, 2.24) is 9.78 Å². The highest BCUT2D eigenvalue weighted by molar-refractivity contribution is 6.07. The molecular formula is C13H15FN4O.